The first-order chi connectivity index (χ1) is 8.26. The maximum atomic E-state index is 4.24. The van der Waals surface area contributed by atoms with Gasteiger partial charge in [0.1, 0.15) is 0 Å². The molecule has 0 aliphatic carbocycles. The Balaban J connectivity index is 2.62. The van der Waals surface area contributed by atoms with E-state index >= 15 is 0 Å². The summed E-state index contributed by atoms with van der Waals surface area (Å²) in [4.78, 5) is 4.24. The minimum atomic E-state index is 1.01. The van der Waals surface area contributed by atoms with Crippen molar-refractivity contribution in [2.45, 2.75) is 6.92 Å². The predicted octanol–water partition coefficient (Wildman–Crippen LogP) is 4.34. The molecule has 0 amide bonds. The van der Waals surface area contributed by atoms with E-state index in [0.29, 0.717) is 0 Å². The van der Waals surface area contributed by atoms with Crippen LogP contribution < -0.4 is 0 Å². The van der Waals surface area contributed by atoms with Crippen molar-refractivity contribution in [3.8, 4) is 11.1 Å². The van der Waals surface area contributed by atoms with Gasteiger partial charge >= 0.3 is 0 Å². The molecule has 0 unspecified atom stereocenters. The summed E-state index contributed by atoms with van der Waals surface area (Å²) >= 11 is 0. The van der Waals surface area contributed by atoms with Gasteiger partial charge in [0.05, 0.1) is 0 Å². The number of pyridine rings is 1. The number of hydrogen-bond acceptors (Lipinski definition) is 1. The van der Waals surface area contributed by atoms with Gasteiger partial charge in [-0.3, -0.25) is 4.98 Å². The Bertz CT molecular complexity index is 550. The normalized spacial score (nSPS) is 9.94. The average Bonchev–Trinajstić information content (AvgIpc) is 2.38. The summed E-state index contributed by atoms with van der Waals surface area (Å²) in [6, 6.07) is 8.41. The summed E-state index contributed by atoms with van der Waals surface area (Å²) in [6.07, 6.45) is 7.34. The van der Waals surface area contributed by atoms with E-state index in [9.17, 15) is 0 Å². The molecule has 1 aromatic heterocycles. The van der Waals surface area contributed by atoms with Crippen molar-refractivity contribution in [1.29, 1.82) is 0 Å². The molecule has 2 rings (SSSR count). The Morgan fingerprint density at radius 3 is 2.29 bits per heavy atom. The van der Waals surface area contributed by atoms with Gasteiger partial charge in [-0.05, 0) is 18.1 Å². The highest BCUT2D eigenvalue weighted by atomic mass is 14.6. The van der Waals surface area contributed by atoms with Crippen LogP contribution in [0.25, 0.3) is 23.3 Å². The van der Waals surface area contributed by atoms with Crippen LogP contribution in [-0.4, -0.2) is 4.98 Å². The molecule has 0 aliphatic heterocycles. The first-order valence-corrected chi connectivity index (χ1v) is 5.56. The molecular formula is C16H15N. The molecular weight excluding hydrogens is 206 g/mol. The molecule has 0 bridgehead atoms. The molecule has 0 N–H and O–H groups in total. The van der Waals surface area contributed by atoms with E-state index in [-0.39, 0.29) is 0 Å². The van der Waals surface area contributed by atoms with Crippen molar-refractivity contribution in [1.82, 2.24) is 4.98 Å². The molecule has 0 saturated carbocycles. The topological polar surface area (TPSA) is 12.9 Å². The zero-order valence-electron chi connectivity index (χ0n) is 9.98. The zero-order chi connectivity index (χ0) is 12.3. The first kappa shape index (κ1) is 11.3. The van der Waals surface area contributed by atoms with Gasteiger partial charge in [0.15, 0.2) is 0 Å². The fourth-order valence-electron chi connectivity index (χ4n) is 1.84. The van der Waals surface area contributed by atoms with Gasteiger partial charge in [0, 0.05) is 23.5 Å². The Labute approximate surface area is 102 Å². The Kier molecular flexibility index (Phi) is 3.20. The van der Waals surface area contributed by atoms with Crippen molar-refractivity contribution < 1.29 is 0 Å². The summed E-state index contributed by atoms with van der Waals surface area (Å²) < 4.78 is 0. The second-order valence-corrected chi connectivity index (χ2v) is 3.96. The highest BCUT2D eigenvalue weighted by Gasteiger charge is 2.06. The maximum Gasteiger partial charge on any atom is 0.0352 e. The predicted molar refractivity (Wildman–Crippen MR) is 74.6 cm³/mol. The van der Waals surface area contributed by atoms with Gasteiger partial charge < -0.3 is 0 Å². The first-order valence-electron chi connectivity index (χ1n) is 5.56. The van der Waals surface area contributed by atoms with E-state index in [1.807, 2.05) is 24.5 Å². The second-order valence-electron chi connectivity index (χ2n) is 3.96. The summed E-state index contributed by atoms with van der Waals surface area (Å²) in [5.41, 5.74) is 5.60. The highest BCUT2D eigenvalue weighted by molar-refractivity contribution is 5.79. The molecule has 2 aromatic rings. The molecule has 1 aromatic carbocycles. The van der Waals surface area contributed by atoms with E-state index < -0.39 is 0 Å². The lowest BCUT2D eigenvalue weighted by Gasteiger charge is -2.09. The number of rotatable bonds is 3. The molecule has 1 heterocycles. The minimum Gasteiger partial charge on any atom is -0.263 e. The lowest BCUT2D eigenvalue weighted by Crippen LogP contribution is -1.89. The molecule has 17 heavy (non-hydrogen) atoms. The lowest BCUT2D eigenvalue weighted by molar-refractivity contribution is 1.31. The molecule has 0 radical (unpaired) electrons. The summed E-state index contributed by atoms with van der Waals surface area (Å²) in [5, 5.41) is 0. The molecule has 1 nitrogen and oxygen atoms in total. The third kappa shape index (κ3) is 2.18. The number of aryl methyl sites for hydroxylation is 1. The Morgan fingerprint density at radius 2 is 1.71 bits per heavy atom. The molecule has 1 heteroatoms. The van der Waals surface area contributed by atoms with Crippen LogP contribution in [0.1, 0.15) is 16.7 Å². The van der Waals surface area contributed by atoms with Crippen LogP contribution in [0.2, 0.25) is 0 Å². The number of benzene rings is 1. The SMILES string of the molecule is C=Cc1cncc(-c2ccc(C)cc2)c1C=C. The summed E-state index contributed by atoms with van der Waals surface area (Å²) in [7, 11) is 0. The average molecular weight is 221 g/mol. The van der Waals surface area contributed by atoms with Gasteiger partial charge in [0.2, 0.25) is 0 Å². The highest BCUT2D eigenvalue weighted by Crippen LogP contribution is 2.27. The van der Waals surface area contributed by atoms with Crippen LogP contribution in [0.3, 0.4) is 0 Å². The molecule has 0 aliphatic rings. The third-order valence-corrected chi connectivity index (χ3v) is 2.81. The Hall–Kier alpha value is -2.15. The maximum absolute atomic E-state index is 4.24. The van der Waals surface area contributed by atoms with Crippen LogP contribution in [0.4, 0.5) is 0 Å². The van der Waals surface area contributed by atoms with E-state index in [1.165, 1.54) is 5.56 Å². The van der Waals surface area contributed by atoms with Crippen molar-refractivity contribution in [2.24, 2.45) is 0 Å². The quantitative estimate of drug-likeness (QED) is 0.751. The van der Waals surface area contributed by atoms with Gasteiger partial charge in [0.25, 0.3) is 0 Å². The number of nitrogens with zero attached hydrogens (tertiary/aromatic N) is 1. The zero-order valence-corrected chi connectivity index (χ0v) is 9.98. The minimum absolute atomic E-state index is 1.01. The smallest absolute Gasteiger partial charge is 0.0352 e. The summed E-state index contributed by atoms with van der Waals surface area (Å²) in [5.74, 6) is 0. The molecule has 0 atom stereocenters. The largest absolute Gasteiger partial charge is 0.263 e. The molecule has 0 fully saturated rings. The molecule has 84 valence electrons. The van der Waals surface area contributed by atoms with Crippen LogP contribution in [-0.2, 0) is 0 Å². The lowest BCUT2D eigenvalue weighted by atomic mass is 9.97. The van der Waals surface area contributed by atoms with Gasteiger partial charge in [-0.2, -0.15) is 0 Å². The molecule has 0 spiro atoms. The van der Waals surface area contributed by atoms with E-state index in [4.69, 9.17) is 0 Å². The van der Waals surface area contributed by atoms with Gasteiger partial charge in [-0.15, -0.1) is 0 Å². The fourth-order valence-corrected chi connectivity index (χ4v) is 1.84. The van der Waals surface area contributed by atoms with Gasteiger partial charge in [-0.1, -0.05) is 55.1 Å². The van der Waals surface area contributed by atoms with E-state index in [0.717, 1.165) is 22.3 Å². The van der Waals surface area contributed by atoms with E-state index in [2.05, 4.69) is 49.3 Å². The van der Waals surface area contributed by atoms with Crippen molar-refractivity contribution in [2.75, 3.05) is 0 Å². The third-order valence-electron chi connectivity index (χ3n) is 2.81. The van der Waals surface area contributed by atoms with Crippen LogP contribution in [0, 0.1) is 6.92 Å². The second kappa shape index (κ2) is 4.79. The fraction of sp³-hybridized carbons (Fsp3) is 0.0625. The van der Waals surface area contributed by atoms with Crippen molar-refractivity contribution in [3.05, 3.63) is 66.5 Å². The number of aromatic nitrogens is 1. The van der Waals surface area contributed by atoms with Crippen LogP contribution in [0.5, 0.6) is 0 Å². The van der Waals surface area contributed by atoms with Crippen LogP contribution >= 0.6 is 0 Å². The summed E-state index contributed by atoms with van der Waals surface area (Å²) in [6.45, 7) is 9.75. The standard InChI is InChI=1S/C16H15N/c1-4-13-10-17-11-16(15(13)5-2)14-8-6-12(3)7-9-14/h4-11H,1-2H2,3H3. The van der Waals surface area contributed by atoms with Crippen molar-refractivity contribution >= 4 is 12.2 Å². The van der Waals surface area contributed by atoms with Crippen molar-refractivity contribution in [3.63, 3.8) is 0 Å². The Morgan fingerprint density at radius 1 is 1.00 bits per heavy atom. The van der Waals surface area contributed by atoms with Crippen LogP contribution in [0.15, 0.2) is 49.8 Å². The van der Waals surface area contributed by atoms with Gasteiger partial charge in [-0.25, -0.2) is 0 Å². The monoisotopic (exact) mass is 221 g/mol. The number of hydrogen-bond donors (Lipinski definition) is 0. The molecule has 0 saturated heterocycles. The van der Waals surface area contributed by atoms with E-state index in [1.54, 1.807) is 0 Å².